The van der Waals surface area contributed by atoms with Crippen LogP contribution in [0.3, 0.4) is 0 Å². The van der Waals surface area contributed by atoms with Crippen molar-refractivity contribution in [1.29, 1.82) is 0 Å². The van der Waals surface area contributed by atoms with Crippen LogP contribution in [0.4, 0.5) is 0 Å². The molecular formula is C18H21N5O. The van der Waals surface area contributed by atoms with Crippen molar-refractivity contribution in [2.24, 2.45) is 5.92 Å². The van der Waals surface area contributed by atoms with Crippen molar-refractivity contribution < 1.29 is 0 Å². The molecule has 3 heterocycles. The summed E-state index contributed by atoms with van der Waals surface area (Å²) in [5, 5.41) is 0. The Bertz CT molecular complexity index is 799. The summed E-state index contributed by atoms with van der Waals surface area (Å²) in [5.41, 5.74) is 2.27. The molecule has 124 valence electrons. The number of fused-ring (bicyclic) bond motifs is 1. The summed E-state index contributed by atoms with van der Waals surface area (Å²) in [7, 11) is 0. The van der Waals surface area contributed by atoms with Gasteiger partial charge in [0.05, 0.1) is 17.5 Å². The minimum Gasteiger partial charge on any atom is -0.305 e. The number of hydrogen-bond donors (Lipinski definition) is 1. The highest BCUT2D eigenvalue weighted by Crippen LogP contribution is 2.22. The molecule has 1 N–H and O–H groups in total. The largest absolute Gasteiger partial charge is 0.305 e. The average Bonchev–Trinajstić information content (AvgIpc) is 2.64. The zero-order valence-electron chi connectivity index (χ0n) is 13.6. The highest BCUT2D eigenvalue weighted by atomic mass is 16.1. The molecular weight excluding hydrogens is 302 g/mol. The molecule has 0 radical (unpaired) electrons. The summed E-state index contributed by atoms with van der Waals surface area (Å²) in [6.07, 6.45) is 13.8. The van der Waals surface area contributed by atoms with Crippen molar-refractivity contribution in [3.63, 3.8) is 0 Å². The molecule has 1 aliphatic carbocycles. The van der Waals surface area contributed by atoms with Gasteiger partial charge in [-0.2, -0.15) is 0 Å². The zero-order chi connectivity index (χ0) is 16.4. The van der Waals surface area contributed by atoms with E-state index in [0.717, 1.165) is 37.2 Å². The zero-order valence-corrected chi connectivity index (χ0v) is 13.6. The summed E-state index contributed by atoms with van der Waals surface area (Å²) in [4.78, 5) is 30.7. The number of H-pyrrole nitrogens is 1. The molecule has 0 aromatic carbocycles. The normalized spacial score (nSPS) is 20.8. The van der Waals surface area contributed by atoms with Gasteiger partial charge in [0.15, 0.2) is 5.82 Å². The number of nitrogens with one attached hydrogen (secondary N) is 1. The molecule has 0 fully saturated rings. The van der Waals surface area contributed by atoms with Gasteiger partial charge in [-0.1, -0.05) is 12.2 Å². The van der Waals surface area contributed by atoms with Crippen LogP contribution in [-0.2, 0) is 13.0 Å². The van der Waals surface area contributed by atoms with Crippen LogP contribution < -0.4 is 5.56 Å². The molecule has 0 saturated heterocycles. The molecule has 4 rings (SSSR count). The summed E-state index contributed by atoms with van der Waals surface area (Å²) < 4.78 is 0. The van der Waals surface area contributed by atoms with E-state index in [-0.39, 0.29) is 5.56 Å². The van der Waals surface area contributed by atoms with Crippen LogP contribution in [0, 0.1) is 5.92 Å². The lowest BCUT2D eigenvalue weighted by atomic mass is 9.93. The molecule has 6 nitrogen and oxygen atoms in total. The van der Waals surface area contributed by atoms with Crippen molar-refractivity contribution >= 4 is 0 Å². The van der Waals surface area contributed by atoms with Gasteiger partial charge in [-0.25, -0.2) is 9.97 Å². The number of rotatable bonds is 3. The fourth-order valence-corrected chi connectivity index (χ4v) is 3.57. The molecule has 0 amide bonds. The molecule has 0 saturated carbocycles. The van der Waals surface area contributed by atoms with Gasteiger partial charge in [0.25, 0.3) is 5.56 Å². The van der Waals surface area contributed by atoms with Gasteiger partial charge >= 0.3 is 0 Å². The predicted molar refractivity (Wildman–Crippen MR) is 91.3 cm³/mol. The summed E-state index contributed by atoms with van der Waals surface area (Å²) in [5.74, 6) is 1.22. The van der Waals surface area contributed by atoms with E-state index in [9.17, 15) is 4.79 Å². The van der Waals surface area contributed by atoms with E-state index in [2.05, 4.69) is 37.0 Å². The topological polar surface area (TPSA) is 74.8 Å². The third-order valence-electron chi connectivity index (χ3n) is 4.85. The fourth-order valence-electron chi connectivity index (χ4n) is 3.57. The van der Waals surface area contributed by atoms with E-state index >= 15 is 0 Å². The van der Waals surface area contributed by atoms with Crippen LogP contribution in [0.1, 0.15) is 30.5 Å². The first-order chi connectivity index (χ1) is 11.8. The molecule has 1 aliphatic heterocycles. The number of hydrogen-bond acceptors (Lipinski definition) is 5. The molecule has 2 aromatic heterocycles. The second-order valence-corrected chi connectivity index (χ2v) is 6.57. The number of aromatic amines is 1. The number of allylic oxidation sites excluding steroid dienone is 2. The van der Waals surface area contributed by atoms with Crippen LogP contribution in [0.5, 0.6) is 0 Å². The standard InChI is InChI=1S/C18H21N5O/c24-18-14-12-23(11-13-4-2-1-3-5-13)9-6-15(14)21-17(22-18)16-10-19-7-8-20-16/h1-2,7-8,10,13H,3-6,9,11-12H2,(H,21,22,24)/t13-/m0/s1. The van der Waals surface area contributed by atoms with Gasteiger partial charge in [0.2, 0.25) is 0 Å². The maximum Gasteiger partial charge on any atom is 0.255 e. The Morgan fingerprint density at radius 1 is 1.29 bits per heavy atom. The first-order valence-corrected chi connectivity index (χ1v) is 8.55. The fraction of sp³-hybridized carbons (Fsp3) is 0.444. The lowest BCUT2D eigenvalue weighted by Crippen LogP contribution is -2.38. The van der Waals surface area contributed by atoms with E-state index < -0.39 is 0 Å². The minimum atomic E-state index is -0.0473. The van der Waals surface area contributed by atoms with Crippen LogP contribution in [-0.4, -0.2) is 37.9 Å². The summed E-state index contributed by atoms with van der Waals surface area (Å²) in [6.45, 7) is 2.72. The van der Waals surface area contributed by atoms with Crippen LogP contribution in [0.2, 0.25) is 0 Å². The molecule has 0 spiro atoms. The lowest BCUT2D eigenvalue weighted by Gasteiger charge is -2.31. The first-order valence-electron chi connectivity index (χ1n) is 8.55. The van der Waals surface area contributed by atoms with E-state index in [4.69, 9.17) is 0 Å². The Kier molecular flexibility index (Phi) is 4.21. The van der Waals surface area contributed by atoms with Crippen molar-refractivity contribution in [1.82, 2.24) is 24.8 Å². The highest BCUT2D eigenvalue weighted by Gasteiger charge is 2.23. The molecule has 6 heteroatoms. The molecule has 1 atom stereocenters. The van der Waals surface area contributed by atoms with E-state index in [1.165, 1.54) is 12.8 Å². The second-order valence-electron chi connectivity index (χ2n) is 6.57. The Balaban J connectivity index is 1.54. The van der Waals surface area contributed by atoms with E-state index in [1.54, 1.807) is 18.6 Å². The van der Waals surface area contributed by atoms with Crippen molar-refractivity contribution in [2.75, 3.05) is 13.1 Å². The first kappa shape index (κ1) is 15.2. The summed E-state index contributed by atoms with van der Waals surface area (Å²) >= 11 is 0. The Hall–Kier alpha value is -2.34. The molecule has 0 bridgehead atoms. The van der Waals surface area contributed by atoms with E-state index in [1.807, 2.05) is 0 Å². The van der Waals surface area contributed by atoms with E-state index in [0.29, 0.717) is 24.0 Å². The van der Waals surface area contributed by atoms with Gasteiger partial charge in [0.1, 0.15) is 5.69 Å². The smallest absolute Gasteiger partial charge is 0.255 e. The Labute approximate surface area is 140 Å². The molecule has 2 aromatic rings. The monoisotopic (exact) mass is 323 g/mol. The van der Waals surface area contributed by atoms with Gasteiger partial charge in [-0.15, -0.1) is 0 Å². The molecule has 2 aliphatic rings. The maximum atomic E-state index is 12.5. The Morgan fingerprint density at radius 2 is 2.25 bits per heavy atom. The Morgan fingerprint density at radius 3 is 3.04 bits per heavy atom. The summed E-state index contributed by atoms with van der Waals surface area (Å²) in [6, 6.07) is 0. The average molecular weight is 323 g/mol. The highest BCUT2D eigenvalue weighted by molar-refractivity contribution is 5.47. The van der Waals surface area contributed by atoms with Gasteiger partial charge in [0, 0.05) is 38.4 Å². The molecule has 24 heavy (non-hydrogen) atoms. The molecule has 0 unspecified atom stereocenters. The number of nitrogens with zero attached hydrogens (tertiary/aromatic N) is 4. The third-order valence-corrected chi connectivity index (χ3v) is 4.85. The van der Waals surface area contributed by atoms with Gasteiger partial charge < -0.3 is 4.98 Å². The van der Waals surface area contributed by atoms with Crippen molar-refractivity contribution in [3.8, 4) is 11.5 Å². The second kappa shape index (κ2) is 6.65. The van der Waals surface area contributed by atoms with Gasteiger partial charge in [-0.3, -0.25) is 14.7 Å². The van der Waals surface area contributed by atoms with Gasteiger partial charge in [-0.05, 0) is 25.2 Å². The quantitative estimate of drug-likeness (QED) is 0.874. The van der Waals surface area contributed by atoms with Crippen LogP contribution in [0.15, 0.2) is 35.5 Å². The van der Waals surface area contributed by atoms with Crippen LogP contribution >= 0.6 is 0 Å². The predicted octanol–water partition coefficient (Wildman–Crippen LogP) is 1.94. The van der Waals surface area contributed by atoms with Crippen molar-refractivity contribution in [3.05, 3.63) is 52.4 Å². The number of aromatic nitrogens is 4. The maximum absolute atomic E-state index is 12.5. The van der Waals surface area contributed by atoms with Crippen LogP contribution in [0.25, 0.3) is 11.5 Å². The SMILES string of the molecule is O=c1[nH]c(-c2cnccn2)nc2c1CN(C[C@H]1CC=CCC1)CC2. The lowest BCUT2D eigenvalue weighted by molar-refractivity contribution is 0.204. The van der Waals surface area contributed by atoms with Crippen molar-refractivity contribution in [2.45, 2.75) is 32.2 Å². The minimum absolute atomic E-state index is 0.0473. The third kappa shape index (κ3) is 3.14.